The number of aromatic nitrogens is 3. The number of anilines is 2. The molecule has 10 heteroatoms. The van der Waals surface area contributed by atoms with Crippen molar-refractivity contribution in [3.05, 3.63) is 59.5 Å². The fraction of sp³-hybridized carbons (Fsp3) is 0.130. The molecule has 3 heterocycles. The van der Waals surface area contributed by atoms with Gasteiger partial charge in [-0.05, 0) is 35.9 Å². The second-order valence-corrected chi connectivity index (χ2v) is 8.07. The van der Waals surface area contributed by atoms with Gasteiger partial charge in [-0.15, -0.1) is 16.4 Å². The minimum atomic E-state index is -0.343. The highest BCUT2D eigenvalue weighted by Crippen LogP contribution is 2.31. The van der Waals surface area contributed by atoms with Crippen LogP contribution in [-0.4, -0.2) is 39.6 Å². The molecule has 2 aromatic heterocycles. The molecule has 5 rings (SSSR count). The van der Waals surface area contributed by atoms with E-state index < -0.39 is 0 Å². The van der Waals surface area contributed by atoms with Crippen molar-refractivity contribution in [1.29, 1.82) is 0 Å². The largest absolute Gasteiger partial charge is 0.486 e. The number of nitrogens with one attached hydrogen (secondary N) is 2. The molecule has 2 N–H and O–H groups in total. The summed E-state index contributed by atoms with van der Waals surface area (Å²) in [6.45, 7) is 2.50. The summed E-state index contributed by atoms with van der Waals surface area (Å²) in [5, 5.41) is 11.8. The summed E-state index contributed by atoms with van der Waals surface area (Å²) < 4.78 is 12.7. The highest BCUT2D eigenvalue weighted by molar-refractivity contribution is 7.15. The van der Waals surface area contributed by atoms with E-state index in [0.29, 0.717) is 35.4 Å². The van der Waals surface area contributed by atoms with Crippen LogP contribution in [0.1, 0.15) is 12.5 Å². The normalized spacial score (nSPS) is 12.8. The van der Waals surface area contributed by atoms with E-state index in [1.54, 1.807) is 10.6 Å². The number of carbonyl (C=O) groups excluding carboxylic acids is 2. The Hall–Kier alpha value is -4.18. The molecular formula is C23H19N5O4S. The highest BCUT2D eigenvalue weighted by Gasteiger charge is 2.14. The molecule has 2 aromatic carbocycles. The zero-order valence-corrected chi connectivity index (χ0v) is 18.4. The van der Waals surface area contributed by atoms with Crippen LogP contribution in [0.4, 0.5) is 11.6 Å². The van der Waals surface area contributed by atoms with Crippen LogP contribution < -0.4 is 20.1 Å². The average molecular weight is 462 g/mol. The minimum absolute atomic E-state index is 0.125. The van der Waals surface area contributed by atoms with Crippen molar-refractivity contribution in [3.63, 3.8) is 0 Å². The molecule has 2 amide bonds. The summed E-state index contributed by atoms with van der Waals surface area (Å²) in [4.78, 5) is 28.6. The zero-order chi connectivity index (χ0) is 22.8. The van der Waals surface area contributed by atoms with Crippen molar-refractivity contribution in [3.8, 4) is 22.8 Å². The van der Waals surface area contributed by atoms with Gasteiger partial charge in [0, 0.05) is 29.6 Å². The molecule has 4 aromatic rings. The first-order valence-electron chi connectivity index (χ1n) is 10.2. The predicted octanol–water partition coefficient (Wildman–Crippen LogP) is 3.84. The molecule has 1 aliphatic rings. The van der Waals surface area contributed by atoms with Gasteiger partial charge in [-0.3, -0.25) is 14.9 Å². The summed E-state index contributed by atoms with van der Waals surface area (Å²) in [7, 11) is 0. The quantitative estimate of drug-likeness (QED) is 0.438. The Morgan fingerprint density at radius 1 is 1.06 bits per heavy atom. The van der Waals surface area contributed by atoms with Gasteiger partial charge < -0.3 is 14.8 Å². The van der Waals surface area contributed by atoms with Gasteiger partial charge in [-0.25, -0.2) is 4.52 Å². The monoisotopic (exact) mass is 461 g/mol. The molecule has 0 atom stereocenters. The third-order valence-electron chi connectivity index (χ3n) is 4.81. The van der Waals surface area contributed by atoms with Gasteiger partial charge in [0.05, 0.1) is 5.69 Å². The van der Waals surface area contributed by atoms with Gasteiger partial charge in [0.1, 0.15) is 13.2 Å². The first-order chi connectivity index (χ1) is 16.0. The first-order valence-corrected chi connectivity index (χ1v) is 11.0. The zero-order valence-electron chi connectivity index (χ0n) is 17.6. The third-order valence-corrected chi connectivity index (χ3v) is 5.63. The van der Waals surface area contributed by atoms with Crippen molar-refractivity contribution in [2.45, 2.75) is 6.92 Å². The Labute approximate surface area is 192 Å². The Bertz CT molecular complexity index is 1370. The maximum atomic E-state index is 12.4. The number of ether oxygens (including phenoxy) is 2. The van der Waals surface area contributed by atoms with E-state index in [4.69, 9.17) is 9.47 Å². The number of carbonyl (C=O) groups is 2. The Morgan fingerprint density at radius 3 is 2.64 bits per heavy atom. The maximum absolute atomic E-state index is 12.4. The number of nitrogens with zero attached hydrogens (tertiary/aromatic N) is 3. The molecule has 0 radical (unpaired) electrons. The molecule has 166 valence electrons. The summed E-state index contributed by atoms with van der Waals surface area (Å²) in [5.74, 6) is 1.11. The van der Waals surface area contributed by atoms with Crippen LogP contribution in [0.2, 0.25) is 0 Å². The second-order valence-electron chi connectivity index (χ2n) is 7.23. The van der Waals surface area contributed by atoms with Crippen molar-refractivity contribution >= 4 is 45.8 Å². The van der Waals surface area contributed by atoms with Crippen LogP contribution in [0.25, 0.3) is 22.3 Å². The van der Waals surface area contributed by atoms with E-state index in [1.807, 2.05) is 47.8 Å². The molecule has 0 spiro atoms. The molecule has 0 unspecified atom stereocenters. The van der Waals surface area contributed by atoms with Crippen LogP contribution in [-0.2, 0) is 9.59 Å². The van der Waals surface area contributed by atoms with E-state index in [9.17, 15) is 9.59 Å². The summed E-state index contributed by atoms with van der Waals surface area (Å²) in [6.07, 6.45) is 3.11. The number of rotatable bonds is 5. The van der Waals surface area contributed by atoms with Crippen molar-refractivity contribution in [1.82, 2.24) is 14.6 Å². The lowest BCUT2D eigenvalue weighted by molar-refractivity contribution is -0.114. The fourth-order valence-corrected chi connectivity index (χ4v) is 4.18. The van der Waals surface area contributed by atoms with Crippen LogP contribution >= 0.6 is 11.3 Å². The standard InChI is InChI=1S/C23H19N5O4S/c1-14(29)24-17-6-4-16(5-7-17)18-13-33-23-26-22(27-28(18)23)25-21(30)9-3-15-2-8-19-20(12-15)32-11-10-31-19/h2-9,12-13H,10-11H2,1H3,(H,24,29)(H,25,27,30)/b9-3-. The Morgan fingerprint density at radius 2 is 1.85 bits per heavy atom. The average Bonchev–Trinajstić information content (AvgIpc) is 3.38. The molecule has 0 bridgehead atoms. The minimum Gasteiger partial charge on any atom is -0.486 e. The first kappa shape index (κ1) is 20.7. The SMILES string of the molecule is CC(=O)Nc1ccc(-c2csc3nc(NC(=O)/C=C\c4ccc5c(c4)OCCO5)nn23)cc1. The van der Waals surface area contributed by atoms with Crippen LogP contribution in [0.5, 0.6) is 11.5 Å². The van der Waals surface area contributed by atoms with E-state index >= 15 is 0 Å². The van der Waals surface area contributed by atoms with Crippen molar-refractivity contribution in [2.75, 3.05) is 23.8 Å². The lowest BCUT2D eigenvalue weighted by atomic mass is 10.1. The van der Waals surface area contributed by atoms with E-state index in [2.05, 4.69) is 20.7 Å². The maximum Gasteiger partial charge on any atom is 0.250 e. The lowest BCUT2D eigenvalue weighted by Gasteiger charge is -2.18. The predicted molar refractivity (Wildman–Crippen MR) is 126 cm³/mol. The van der Waals surface area contributed by atoms with Crippen LogP contribution in [0.3, 0.4) is 0 Å². The molecule has 1 aliphatic heterocycles. The summed E-state index contributed by atoms with van der Waals surface area (Å²) in [6, 6.07) is 12.9. The number of hydrogen-bond donors (Lipinski definition) is 2. The third kappa shape index (κ3) is 4.55. The molecule has 33 heavy (non-hydrogen) atoms. The molecule has 0 fully saturated rings. The van der Waals surface area contributed by atoms with Gasteiger partial charge in [0.25, 0.3) is 11.9 Å². The fourth-order valence-electron chi connectivity index (χ4n) is 3.35. The Kier molecular flexibility index (Phi) is 5.49. The number of amides is 2. The van der Waals surface area contributed by atoms with E-state index in [-0.39, 0.29) is 17.8 Å². The van der Waals surface area contributed by atoms with Crippen molar-refractivity contribution < 1.29 is 19.1 Å². The van der Waals surface area contributed by atoms with Gasteiger partial charge >= 0.3 is 0 Å². The smallest absolute Gasteiger partial charge is 0.250 e. The number of fused-ring (bicyclic) bond motifs is 2. The number of thiazole rings is 1. The van der Waals surface area contributed by atoms with Gasteiger partial charge in [-0.1, -0.05) is 18.2 Å². The molecule has 9 nitrogen and oxygen atoms in total. The van der Waals surface area contributed by atoms with Crippen molar-refractivity contribution in [2.24, 2.45) is 0 Å². The van der Waals surface area contributed by atoms with Gasteiger partial charge in [0.2, 0.25) is 10.9 Å². The van der Waals surface area contributed by atoms with E-state index in [1.165, 1.54) is 24.3 Å². The molecule has 0 saturated heterocycles. The molecule has 0 aliphatic carbocycles. The number of hydrogen-bond acceptors (Lipinski definition) is 7. The highest BCUT2D eigenvalue weighted by atomic mass is 32.1. The lowest BCUT2D eigenvalue weighted by Crippen LogP contribution is -2.15. The summed E-state index contributed by atoms with van der Waals surface area (Å²) in [5.41, 5.74) is 3.29. The van der Waals surface area contributed by atoms with Crippen LogP contribution in [0, 0.1) is 0 Å². The Balaban J connectivity index is 1.29. The summed E-state index contributed by atoms with van der Waals surface area (Å²) >= 11 is 1.42. The van der Waals surface area contributed by atoms with Gasteiger partial charge in [0.15, 0.2) is 11.5 Å². The second kappa shape index (κ2) is 8.75. The van der Waals surface area contributed by atoms with E-state index in [0.717, 1.165) is 16.8 Å². The molecular weight excluding hydrogens is 442 g/mol. The molecule has 0 saturated carbocycles. The topological polar surface area (TPSA) is 107 Å². The number of benzene rings is 2. The van der Waals surface area contributed by atoms with Crippen LogP contribution in [0.15, 0.2) is 53.9 Å². The van der Waals surface area contributed by atoms with Gasteiger partial charge in [-0.2, -0.15) is 4.98 Å².